The fourth-order valence-corrected chi connectivity index (χ4v) is 3.95. The lowest BCUT2D eigenvalue weighted by Crippen LogP contribution is -2.63. The van der Waals surface area contributed by atoms with Crippen LogP contribution in [0.3, 0.4) is 0 Å². The van der Waals surface area contributed by atoms with E-state index in [0.717, 1.165) is 32.5 Å². The molecule has 12 heteroatoms. The summed E-state index contributed by atoms with van der Waals surface area (Å²) in [6.45, 7) is 5.72. The van der Waals surface area contributed by atoms with Crippen molar-refractivity contribution in [1.29, 1.82) is 0 Å². The van der Waals surface area contributed by atoms with Gasteiger partial charge in [0.25, 0.3) is 5.91 Å². The van der Waals surface area contributed by atoms with E-state index in [2.05, 4.69) is 10.00 Å². The number of hydrogen-bond donors (Lipinski definition) is 2. The van der Waals surface area contributed by atoms with Gasteiger partial charge in [0, 0.05) is 25.8 Å². The number of aromatic nitrogens is 2. The molecule has 3 heterocycles. The molecule has 2 saturated heterocycles. The van der Waals surface area contributed by atoms with E-state index in [0.29, 0.717) is 31.5 Å². The molecule has 174 valence electrons. The molecule has 1 aromatic heterocycles. The van der Waals surface area contributed by atoms with Crippen LogP contribution in [0.4, 0.5) is 13.2 Å². The molecule has 3 rings (SSSR count). The largest absolute Gasteiger partial charge is 0.490 e. The van der Waals surface area contributed by atoms with Crippen molar-refractivity contribution in [3.63, 3.8) is 0 Å². The second-order valence-corrected chi connectivity index (χ2v) is 7.62. The molecule has 0 aliphatic carbocycles. The van der Waals surface area contributed by atoms with Gasteiger partial charge < -0.3 is 15.7 Å². The SMILES string of the molecule is CCn1cc(C(=O)N2CCC(C(N)=O)(N3CCCCC3)CC2)cn1.O=C(O)C(F)(F)F. The number of rotatable bonds is 4. The number of carboxylic acids is 1. The zero-order valence-electron chi connectivity index (χ0n) is 17.4. The number of likely N-dealkylation sites (tertiary alicyclic amines) is 2. The number of carboxylic acid groups (broad SMARTS) is 1. The highest BCUT2D eigenvalue weighted by Crippen LogP contribution is 2.32. The Morgan fingerprint density at radius 2 is 1.68 bits per heavy atom. The number of halogens is 3. The summed E-state index contributed by atoms with van der Waals surface area (Å²) in [5.74, 6) is -3.01. The first-order valence-electron chi connectivity index (χ1n) is 10.2. The Kier molecular flexibility index (Phi) is 8.04. The molecule has 0 atom stereocenters. The van der Waals surface area contributed by atoms with E-state index in [1.165, 1.54) is 6.42 Å². The van der Waals surface area contributed by atoms with E-state index in [9.17, 15) is 22.8 Å². The minimum Gasteiger partial charge on any atom is -0.475 e. The summed E-state index contributed by atoms with van der Waals surface area (Å²) in [5, 5.41) is 11.3. The number of nitrogens with two attached hydrogens (primary N) is 1. The van der Waals surface area contributed by atoms with E-state index >= 15 is 0 Å². The molecule has 2 fully saturated rings. The number of alkyl halides is 3. The third kappa shape index (κ3) is 5.96. The van der Waals surface area contributed by atoms with Crippen LogP contribution in [0.15, 0.2) is 12.4 Å². The number of nitrogens with zero attached hydrogens (tertiary/aromatic N) is 4. The summed E-state index contributed by atoms with van der Waals surface area (Å²) in [4.78, 5) is 37.8. The average molecular weight is 447 g/mol. The van der Waals surface area contributed by atoms with Crippen LogP contribution in [-0.2, 0) is 16.1 Å². The van der Waals surface area contributed by atoms with Crippen LogP contribution >= 0.6 is 0 Å². The number of primary amides is 1. The van der Waals surface area contributed by atoms with Gasteiger partial charge in [-0.1, -0.05) is 6.42 Å². The highest BCUT2D eigenvalue weighted by molar-refractivity contribution is 5.94. The zero-order chi connectivity index (χ0) is 23.2. The molecule has 0 bridgehead atoms. The van der Waals surface area contributed by atoms with Gasteiger partial charge in [-0.15, -0.1) is 0 Å². The highest BCUT2D eigenvalue weighted by atomic mass is 19.4. The number of hydrogen-bond acceptors (Lipinski definition) is 5. The quantitative estimate of drug-likeness (QED) is 0.721. The number of aliphatic carboxylic acids is 1. The fourth-order valence-electron chi connectivity index (χ4n) is 3.95. The molecule has 0 spiro atoms. The monoisotopic (exact) mass is 447 g/mol. The summed E-state index contributed by atoms with van der Waals surface area (Å²) in [6.07, 6.45) is 3.01. The smallest absolute Gasteiger partial charge is 0.475 e. The van der Waals surface area contributed by atoms with Gasteiger partial charge in [-0.05, 0) is 45.7 Å². The number of carbonyl (C=O) groups is 3. The molecule has 0 radical (unpaired) electrons. The fraction of sp³-hybridized carbons (Fsp3) is 0.684. The van der Waals surface area contributed by atoms with Gasteiger partial charge in [-0.2, -0.15) is 18.3 Å². The van der Waals surface area contributed by atoms with Gasteiger partial charge in [0.05, 0.1) is 11.8 Å². The van der Waals surface area contributed by atoms with E-state index in [4.69, 9.17) is 15.6 Å². The van der Waals surface area contributed by atoms with E-state index in [1.807, 2.05) is 11.8 Å². The summed E-state index contributed by atoms with van der Waals surface area (Å²) in [5.41, 5.74) is 5.82. The van der Waals surface area contributed by atoms with Crippen molar-refractivity contribution >= 4 is 17.8 Å². The molecule has 2 aliphatic rings. The van der Waals surface area contributed by atoms with Gasteiger partial charge >= 0.3 is 12.1 Å². The Labute approximate surface area is 178 Å². The van der Waals surface area contributed by atoms with Crippen LogP contribution in [-0.4, -0.2) is 80.4 Å². The summed E-state index contributed by atoms with van der Waals surface area (Å²) in [6, 6.07) is 0. The molecule has 1 aromatic rings. The maximum atomic E-state index is 12.6. The number of piperidine rings is 2. The minimum absolute atomic E-state index is 0.00795. The number of aryl methyl sites for hydroxylation is 1. The first kappa shape index (κ1) is 24.6. The van der Waals surface area contributed by atoms with Crippen molar-refractivity contribution < 1.29 is 32.7 Å². The van der Waals surface area contributed by atoms with Crippen LogP contribution in [0.2, 0.25) is 0 Å². The van der Waals surface area contributed by atoms with Crippen LogP contribution in [0, 0.1) is 0 Å². The molecule has 2 amide bonds. The van der Waals surface area contributed by atoms with E-state index in [1.54, 1.807) is 17.1 Å². The molecular weight excluding hydrogens is 419 g/mol. The standard InChI is InChI=1S/C17H27N5O2.C2HF3O2/c1-2-22-13-14(12-19-22)15(23)20-10-6-17(7-11-20,16(18)24)21-8-4-3-5-9-21;3-2(4,5)1(6)7/h12-13H,2-11H2,1H3,(H2,18,24);(H,6,7). The Balaban J connectivity index is 0.000000423. The Hall–Kier alpha value is -2.63. The van der Waals surface area contributed by atoms with Crippen molar-refractivity contribution in [2.24, 2.45) is 5.73 Å². The van der Waals surface area contributed by atoms with Crippen molar-refractivity contribution in [2.75, 3.05) is 26.2 Å². The van der Waals surface area contributed by atoms with Gasteiger partial charge in [0.15, 0.2) is 0 Å². The summed E-state index contributed by atoms with van der Waals surface area (Å²) >= 11 is 0. The number of amides is 2. The van der Waals surface area contributed by atoms with Gasteiger partial charge in [0.1, 0.15) is 5.54 Å². The minimum atomic E-state index is -5.08. The summed E-state index contributed by atoms with van der Waals surface area (Å²) in [7, 11) is 0. The molecule has 0 unspecified atom stereocenters. The predicted octanol–water partition coefficient (Wildman–Crippen LogP) is 1.48. The maximum absolute atomic E-state index is 12.6. The highest BCUT2D eigenvalue weighted by Gasteiger charge is 2.45. The first-order valence-corrected chi connectivity index (χ1v) is 10.2. The summed E-state index contributed by atoms with van der Waals surface area (Å²) < 4.78 is 33.5. The molecule has 3 N–H and O–H groups in total. The molecule has 0 aromatic carbocycles. The van der Waals surface area contributed by atoms with Crippen molar-refractivity contribution in [2.45, 2.75) is 57.3 Å². The Bertz CT molecular complexity index is 782. The predicted molar refractivity (Wildman–Crippen MR) is 104 cm³/mol. The van der Waals surface area contributed by atoms with E-state index < -0.39 is 17.7 Å². The number of carbonyl (C=O) groups excluding carboxylic acids is 2. The van der Waals surface area contributed by atoms with Gasteiger partial charge in [-0.3, -0.25) is 19.2 Å². The lowest BCUT2D eigenvalue weighted by molar-refractivity contribution is -0.192. The van der Waals surface area contributed by atoms with Crippen LogP contribution in [0.5, 0.6) is 0 Å². The van der Waals surface area contributed by atoms with E-state index in [-0.39, 0.29) is 11.8 Å². The third-order valence-corrected chi connectivity index (χ3v) is 5.74. The Morgan fingerprint density at radius 3 is 2.10 bits per heavy atom. The Morgan fingerprint density at radius 1 is 1.13 bits per heavy atom. The normalized spacial score (nSPS) is 19.3. The van der Waals surface area contributed by atoms with Gasteiger partial charge in [0.2, 0.25) is 5.91 Å². The first-order chi connectivity index (χ1) is 14.5. The molecular formula is C19H28F3N5O4. The van der Waals surface area contributed by atoms with Crippen molar-refractivity contribution in [3.8, 4) is 0 Å². The van der Waals surface area contributed by atoms with Gasteiger partial charge in [-0.25, -0.2) is 4.79 Å². The molecule has 0 saturated carbocycles. The van der Waals surface area contributed by atoms with Crippen molar-refractivity contribution in [1.82, 2.24) is 19.6 Å². The molecule has 31 heavy (non-hydrogen) atoms. The zero-order valence-corrected chi connectivity index (χ0v) is 17.4. The lowest BCUT2D eigenvalue weighted by atomic mass is 9.83. The second kappa shape index (κ2) is 10.1. The van der Waals surface area contributed by atoms with Crippen molar-refractivity contribution in [3.05, 3.63) is 18.0 Å². The topological polar surface area (TPSA) is 122 Å². The van der Waals surface area contributed by atoms with Crippen LogP contribution in [0.25, 0.3) is 0 Å². The van der Waals surface area contributed by atoms with Crippen LogP contribution in [0.1, 0.15) is 49.4 Å². The molecule has 2 aliphatic heterocycles. The third-order valence-electron chi connectivity index (χ3n) is 5.74. The van der Waals surface area contributed by atoms with Crippen LogP contribution < -0.4 is 5.73 Å². The lowest BCUT2D eigenvalue weighted by Gasteiger charge is -2.48. The average Bonchev–Trinajstić information content (AvgIpc) is 3.23. The maximum Gasteiger partial charge on any atom is 0.490 e. The second-order valence-electron chi connectivity index (χ2n) is 7.62. The molecule has 9 nitrogen and oxygen atoms in total.